The fraction of sp³-hybridized carbons (Fsp3) is 0.211. The predicted octanol–water partition coefficient (Wildman–Crippen LogP) is 4.67. The molecule has 1 unspecified atom stereocenters. The van der Waals surface area contributed by atoms with E-state index in [9.17, 15) is 4.79 Å². The molecule has 0 aliphatic carbocycles. The minimum Gasteiger partial charge on any atom is -0.462 e. The first kappa shape index (κ1) is 15.9. The van der Waals surface area contributed by atoms with Crippen LogP contribution < -0.4 is 4.74 Å². The van der Waals surface area contributed by atoms with Crippen molar-refractivity contribution >= 4 is 11.7 Å². The molecule has 0 N–H and O–H groups in total. The molecule has 2 aromatic rings. The third-order valence-electron chi connectivity index (χ3n) is 3.81. The molecular formula is C19H18N2O3. The number of nitrogens with zero attached hydrogens (tertiary/aromatic N) is 2. The van der Waals surface area contributed by atoms with E-state index in [2.05, 4.69) is 16.8 Å². The Morgan fingerprint density at radius 3 is 2.62 bits per heavy atom. The lowest BCUT2D eigenvalue weighted by atomic mass is 10.0. The largest absolute Gasteiger partial charge is 0.462 e. The van der Waals surface area contributed by atoms with Crippen molar-refractivity contribution in [2.24, 2.45) is 10.2 Å². The van der Waals surface area contributed by atoms with Gasteiger partial charge in [0, 0.05) is 12.5 Å². The molecule has 0 saturated heterocycles. The highest BCUT2D eigenvalue weighted by molar-refractivity contribution is 5.90. The number of fused-ring (bicyclic) bond motifs is 4. The Bertz CT molecular complexity index is 812. The summed E-state index contributed by atoms with van der Waals surface area (Å²) >= 11 is 0. The number of esters is 1. The number of azo groups is 1. The molecule has 2 heterocycles. The highest BCUT2D eigenvalue weighted by atomic mass is 16.5. The van der Waals surface area contributed by atoms with Crippen molar-refractivity contribution < 1.29 is 14.3 Å². The molecule has 0 saturated carbocycles. The topological polar surface area (TPSA) is 60.2 Å². The molecule has 24 heavy (non-hydrogen) atoms. The van der Waals surface area contributed by atoms with E-state index < -0.39 is 11.7 Å². The standard InChI is InChI=1S/C19H18N2O3/c1-4-23-18(22)13(2)19(3)21-20-15-11-9-14(10-12-15)16-7-5-6-8-17(16)24-19/h5-12H,2,4H2,1,3H3. The summed E-state index contributed by atoms with van der Waals surface area (Å²) in [6, 6.07) is 15.2. The first-order valence-corrected chi connectivity index (χ1v) is 7.71. The van der Waals surface area contributed by atoms with E-state index in [1.165, 1.54) is 0 Å². The summed E-state index contributed by atoms with van der Waals surface area (Å²) in [4.78, 5) is 12.1. The minimum atomic E-state index is -1.35. The molecule has 122 valence electrons. The number of rotatable bonds is 3. The molecule has 5 heteroatoms. The van der Waals surface area contributed by atoms with Gasteiger partial charge in [0.25, 0.3) is 0 Å². The SMILES string of the molecule is C=C(C(=O)OCC)C1(C)N=Nc2ccc(cc2)-c2ccccc2O1. The molecule has 2 aliphatic rings. The van der Waals surface area contributed by atoms with Gasteiger partial charge in [0.2, 0.25) is 5.72 Å². The fourth-order valence-corrected chi connectivity index (χ4v) is 2.42. The zero-order valence-corrected chi connectivity index (χ0v) is 13.7. The van der Waals surface area contributed by atoms with Crippen LogP contribution in [0.2, 0.25) is 0 Å². The Morgan fingerprint density at radius 2 is 1.92 bits per heavy atom. The molecule has 0 radical (unpaired) electrons. The summed E-state index contributed by atoms with van der Waals surface area (Å²) in [5, 5.41) is 8.44. The summed E-state index contributed by atoms with van der Waals surface area (Å²) in [7, 11) is 0. The summed E-state index contributed by atoms with van der Waals surface area (Å²) < 4.78 is 11.1. The van der Waals surface area contributed by atoms with E-state index >= 15 is 0 Å². The summed E-state index contributed by atoms with van der Waals surface area (Å²) in [6.45, 7) is 7.47. The lowest BCUT2D eigenvalue weighted by Gasteiger charge is -2.28. The zero-order chi connectivity index (χ0) is 17.2. The van der Waals surface area contributed by atoms with Crippen LogP contribution in [0.15, 0.2) is 70.9 Å². The van der Waals surface area contributed by atoms with Gasteiger partial charge in [-0.25, -0.2) is 4.79 Å². The molecular weight excluding hydrogens is 304 g/mol. The van der Waals surface area contributed by atoms with Crippen molar-refractivity contribution in [2.75, 3.05) is 6.61 Å². The minimum absolute atomic E-state index is 0.0953. The van der Waals surface area contributed by atoms with E-state index in [-0.39, 0.29) is 12.2 Å². The van der Waals surface area contributed by atoms with Gasteiger partial charge in [0.15, 0.2) is 0 Å². The lowest BCUT2D eigenvalue weighted by Crippen LogP contribution is -2.36. The van der Waals surface area contributed by atoms with E-state index in [1.54, 1.807) is 13.8 Å². The summed E-state index contributed by atoms with van der Waals surface area (Å²) in [6.07, 6.45) is 0. The monoisotopic (exact) mass is 322 g/mol. The number of ether oxygens (including phenoxy) is 2. The number of benzene rings is 2. The van der Waals surface area contributed by atoms with Gasteiger partial charge < -0.3 is 9.47 Å². The second kappa shape index (κ2) is 6.28. The van der Waals surface area contributed by atoms with Crippen LogP contribution in [0.4, 0.5) is 5.69 Å². The number of carbonyl (C=O) groups excluding carboxylic acids is 1. The third kappa shape index (κ3) is 2.93. The van der Waals surface area contributed by atoms with Crippen LogP contribution in [0.3, 0.4) is 0 Å². The first-order chi connectivity index (χ1) is 11.5. The van der Waals surface area contributed by atoms with E-state index in [1.807, 2.05) is 48.5 Å². The van der Waals surface area contributed by atoms with Crippen molar-refractivity contribution in [3.05, 3.63) is 60.7 Å². The van der Waals surface area contributed by atoms with E-state index in [0.717, 1.165) is 11.1 Å². The van der Waals surface area contributed by atoms with Crippen molar-refractivity contribution in [3.8, 4) is 16.9 Å². The molecule has 5 nitrogen and oxygen atoms in total. The van der Waals surface area contributed by atoms with Gasteiger partial charge >= 0.3 is 5.97 Å². The second-order valence-electron chi connectivity index (χ2n) is 5.53. The fourth-order valence-electron chi connectivity index (χ4n) is 2.42. The molecule has 0 spiro atoms. The Hall–Kier alpha value is -2.95. The number of hydrogen-bond donors (Lipinski definition) is 0. The second-order valence-corrected chi connectivity index (χ2v) is 5.53. The van der Waals surface area contributed by atoms with Crippen molar-refractivity contribution in [1.82, 2.24) is 0 Å². The molecule has 1 atom stereocenters. The van der Waals surface area contributed by atoms with Gasteiger partial charge in [-0.05, 0) is 30.7 Å². The normalized spacial score (nSPS) is 18.4. The van der Waals surface area contributed by atoms with Gasteiger partial charge in [-0.2, -0.15) is 5.11 Å². The highest BCUT2D eigenvalue weighted by Crippen LogP contribution is 2.37. The molecule has 2 bridgehead atoms. The number of carbonyl (C=O) groups is 1. The molecule has 2 aliphatic heterocycles. The lowest BCUT2D eigenvalue weighted by molar-refractivity contribution is -0.140. The Balaban J connectivity index is 2.12. The van der Waals surface area contributed by atoms with Crippen LogP contribution >= 0.6 is 0 Å². The van der Waals surface area contributed by atoms with Crippen LogP contribution in [-0.2, 0) is 9.53 Å². The van der Waals surface area contributed by atoms with E-state index in [0.29, 0.717) is 11.4 Å². The van der Waals surface area contributed by atoms with Gasteiger partial charge in [-0.15, -0.1) is 5.11 Å². The highest BCUT2D eigenvalue weighted by Gasteiger charge is 2.36. The molecule has 2 aromatic carbocycles. The summed E-state index contributed by atoms with van der Waals surface area (Å²) in [5.74, 6) is 0.0430. The maximum Gasteiger partial charge on any atom is 0.339 e. The summed E-state index contributed by atoms with van der Waals surface area (Å²) in [5.41, 5.74) is 1.32. The zero-order valence-electron chi connectivity index (χ0n) is 13.7. The third-order valence-corrected chi connectivity index (χ3v) is 3.81. The van der Waals surface area contributed by atoms with E-state index in [4.69, 9.17) is 9.47 Å². The van der Waals surface area contributed by atoms with Crippen LogP contribution in [0.1, 0.15) is 13.8 Å². The molecule has 0 amide bonds. The smallest absolute Gasteiger partial charge is 0.339 e. The van der Waals surface area contributed by atoms with Crippen molar-refractivity contribution in [1.29, 1.82) is 0 Å². The van der Waals surface area contributed by atoms with Crippen LogP contribution in [0, 0.1) is 0 Å². The molecule has 4 rings (SSSR count). The van der Waals surface area contributed by atoms with Crippen LogP contribution in [0.5, 0.6) is 5.75 Å². The van der Waals surface area contributed by atoms with Crippen LogP contribution in [-0.4, -0.2) is 18.3 Å². The van der Waals surface area contributed by atoms with Gasteiger partial charge in [-0.1, -0.05) is 36.9 Å². The van der Waals surface area contributed by atoms with Crippen molar-refractivity contribution in [2.45, 2.75) is 19.6 Å². The quantitative estimate of drug-likeness (QED) is 0.609. The first-order valence-electron chi connectivity index (χ1n) is 7.71. The van der Waals surface area contributed by atoms with Gasteiger partial charge in [-0.3, -0.25) is 0 Å². The molecule has 0 fully saturated rings. The molecule has 0 aromatic heterocycles. The number of hydrogen-bond acceptors (Lipinski definition) is 5. The Labute approximate surface area is 140 Å². The maximum absolute atomic E-state index is 12.1. The Kier molecular flexibility index (Phi) is 4.16. The van der Waals surface area contributed by atoms with Gasteiger partial charge in [0.1, 0.15) is 5.75 Å². The van der Waals surface area contributed by atoms with Gasteiger partial charge in [0.05, 0.1) is 17.9 Å². The average molecular weight is 322 g/mol. The van der Waals surface area contributed by atoms with Crippen molar-refractivity contribution in [3.63, 3.8) is 0 Å². The van der Waals surface area contributed by atoms with Crippen LogP contribution in [0.25, 0.3) is 11.1 Å². The average Bonchev–Trinajstić information content (AvgIpc) is 2.60. The predicted molar refractivity (Wildman–Crippen MR) is 91.2 cm³/mol. The number of para-hydroxylation sites is 1. The maximum atomic E-state index is 12.1. The Morgan fingerprint density at radius 1 is 1.21 bits per heavy atom.